The number of carbonyl (C=O) groups excluding carboxylic acids is 1. The first-order chi connectivity index (χ1) is 11.3. The zero-order valence-electron chi connectivity index (χ0n) is 13.0. The van der Waals surface area contributed by atoms with Gasteiger partial charge in [0.25, 0.3) is 0 Å². The van der Waals surface area contributed by atoms with E-state index in [1.165, 1.54) is 5.56 Å². The highest BCUT2D eigenvalue weighted by atomic mass is 16.5. The van der Waals surface area contributed by atoms with Gasteiger partial charge in [0, 0.05) is 5.56 Å². The van der Waals surface area contributed by atoms with Gasteiger partial charge in [-0.05, 0) is 41.8 Å². The standard InChI is InChI=1S/C21H18O2/c1-2-16-13-14-20(19(15-16)17-9-5-3-6-10-17)23-21(22)18-11-7-4-8-12-18/h3-15H,2H2,1H3. The monoisotopic (exact) mass is 302 g/mol. The molecule has 3 aromatic rings. The smallest absolute Gasteiger partial charge is 0.343 e. The van der Waals surface area contributed by atoms with Gasteiger partial charge in [0.2, 0.25) is 0 Å². The molecule has 0 radical (unpaired) electrons. The second-order valence-corrected chi connectivity index (χ2v) is 5.31. The molecule has 0 aliphatic rings. The van der Waals surface area contributed by atoms with Crippen LogP contribution >= 0.6 is 0 Å². The molecule has 114 valence electrons. The molecule has 0 aromatic heterocycles. The molecule has 0 amide bonds. The van der Waals surface area contributed by atoms with Crippen molar-refractivity contribution >= 4 is 5.97 Å². The average molecular weight is 302 g/mol. The summed E-state index contributed by atoms with van der Waals surface area (Å²) in [6.45, 7) is 2.11. The second kappa shape index (κ2) is 6.93. The first kappa shape index (κ1) is 15.0. The van der Waals surface area contributed by atoms with E-state index in [1.807, 2.05) is 60.7 Å². The van der Waals surface area contributed by atoms with Crippen LogP contribution in [0.5, 0.6) is 5.75 Å². The van der Waals surface area contributed by atoms with Gasteiger partial charge in [-0.25, -0.2) is 4.79 Å². The van der Waals surface area contributed by atoms with Gasteiger partial charge in [-0.1, -0.05) is 61.5 Å². The van der Waals surface area contributed by atoms with Crippen molar-refractivity contribution in [3.05, 3.63) is 90.0 Å². The van der Waals surface area contributed by atoms with Gasteiger partial charge >= 0.3 is 5.97 Å². The van der Waals surface area contributed by atoms with Crippen LogP contribution in [0.3, 0.4) is 0 Å². The lowest BCUT2D eigenvalue weighted by Crippen LogP contribution is -2.09. The first-order valence-corrected chi connectivity index (χ1v) is 7.73. The fourth-order valence-corrected chi connectivity index (χ4v) is 2.46. The largest absolute Gasteiger partial charge is 0.422 e. The van der Waals surface area contributed by atoms with Gasteiger partial charge in [0.1, 0.15) is 5.75 Å². The van der Waals surface area contributed by atoms with Crippen LogP contribution in [0.15, 0.2) is 78.9 Å². The van der Waals surface area contributed by atoms with Crippen molar-refractivity contribution < 1.29 is 9.53 Å². The molecule has 3 rings (SSSR count). The molecular weight excluding hydrogens is 284 g/mol. The summed E-state index contributed by atoms with van der Waals surface area (Å²) in [6, 6.07) is 25.0. The Kier molecular flexibility index (Phi) is 4.53. The molecule has 2 nitrogen and oxygen atoms in total. The third-order valence-corrected chi connectivity index (χ3v) is 3.75. The highest BCUT2D eigenvalue weighted by Gasteiger charge is 2.13. The fourth-order valence-electron chi connectivity index (χ4n) is 2.46. The Balaban J connectivity index is 1.97. The minimum absolute atomic E-state index is 0.341. The SMILES string of the molecule is CCc1ccc(OC(=O)c2ccccc2)c(-c2ccccc2)c1. The number of benzene rings is 3. The van der Waals surface area contributed by atoms with Crippen molar-refractivity contribution in [3.63, 3.8) is 0 Å². The molecule has 0 aliphatic heterocycles. The van der Waals surface area contributed by atoms with Crippen LogP contribution in [-0.4, -0.2) is 5.97 Å². The van der Waals surface area contributed by atoms with E-state index in [2.05, 4.69) is 13.0 Å². The average Bonchev–Trinajstić information content (AvgIpc) is 2.63. The van der Waals surface area contributed by atoms with Crippen LogP contribution in [0.25, 0.3) is 11.1 Å². The van der Waals surface area contributed by atoms with Crippen LogP contribution in [0, 0.1) is 0 Å². The van der Waals surface area contributed by atoms with Crippen molar-refractivity contribution in [1.29, 1.82) is 0 Å². The molecule has 0 saturated heterocycles. The number of esters is 1. The zero-order chi connectivity index (χ0) is 16.1. The highest BCUT2D eigenvalue weighted by molar-refractivity contribution is 5.92. The number of aryl methyl sites for hydroxylation is 1. The van der Waals surface area contributed by atoms with Crippen LogP contribution in [0.2, 0.25) is 0 Å². The van der Waals surface area contributed by atoms with Crippen molar-refractivity contribution in [3.8, 4) is 16.9 Å². The van der Waals surface area contributed by atoms with E-state index in [4.69, 9.17) is 4.74 Å². The maximum atomic E-state index is 12.3. The molecule has 0 N–H and O–H groups in total. The van der Waals surface area contributed by atoms with Crippen LogP contribution in [0.1, 0.15) is 22.8 Å². The normalized spacial score (nSPS) is 10.3. The molecule has 2 heteroatoms. The maximum Gasteiger partial charge on any atom is 0.343 e. The molecule has 0 fully saturated rings. The molecule has 0 heterocycles. The van der Waals surface area contributed by atoms with Gasteiger partial charge in [-0.15, -0.1) is 0 Å². The van der Waals surface area contributed by atoms with E-state index < -0.39 is 0 Å². The Morgan fingerprint density at radius 1 is 0.870 bits per heavy atom. The van der Waals surface area contributed by atoms with E-state index in [9.17, 15) is 4.79 Å². The van der Waals surface area contributed by atoms with E-state index in [0.717, 1.165) is 17.5 Å². The molecule has 0 unspecified atom stereocenters. The van der Waals surface area contributed by atoms with E-state index in [1.54, 1.807) is 12.1 Å². The lowest BCUT2D eigenvalue weighted by molar-refractivity contribution is 0.0735. The third-order valence-electron chi connectivity index (χ3n) is 3.75. The van der Waals surface area contributed by atoms with Crippen molar-refractivity contribution in [2.75, 3.05) is 0 Å². The van der Waals surface area contributed by atoms with E-state index in [-0.39, 0.29) is 5.97 Å². The van der Waals surface area contributed by atoms with Crippen molar-refractivity contribution in [1.82, 2.24) is 0 Å². The second-order valence-electron chi connectivity index (χ2n) is 5.31. The van der Waals surface area contributed by atoms with E-state index >= 15 is 0 Å². The Bertz CT molecular complexity index is 793. The maximum absolute atomic E-state index is 12.3. The summed E-state index contributed by atoms with van der Waals surface area (Å²) in [7, 11) is 0. The Hall–Kier alpha value is -2.87. The molecule has 0 saturated carbocycles. The summed E-state index contributed by atoms with van der Waals surface area (Å²) < 4.78 is 5.65. The van der Waals surface area contributed by atoms with Gasteiger partial charge in [0.15, 0.2) is 0 Å². The Labute approximate surface area is 136 Å². The van der Waals surface area contributed by atoms with Crippen LogP contribution in [0.4, 0.5) is 0 Å². The predicted molar refractivity (Wildman–Crippen MR) is 92.7 cm³/mol. The summed E-state index contributed by atoms with van der Waals surface area (Å²) in [5, 5.41) is 0. The van der Waals surface area contributed by atoms with Gasteiger partial charge < -0.3 is 4.74 Å². The minimum atomic E-state index is -0.341. The molecule has 0 bridgehead atoms. The Morgan fingerprint density at radius 2 is 1.52 bits per heavy atom. The number of rotatable bonds is 4. The van der Waals surface area contributed by atoms with Gasteiger partial charge in [-0.3, -0.25) is 0 Å². The lowest BCUT2D eigenvalue weighted by atomic mass is 10.0. The molecule has 3 aromatic carbocycles. The lowest BCUT2D eigenvalue weighted by Gasteiger charge is -2.12. The topological polar surface area (TPSA) is 26.3 Å². The van der Waals surface area contributed by atoms with Crippen LogP contribution in [-0.2, 0) is 6.42 Å². The highest BCUT2D eigenvalue weighted by Crippen LogP contribution is 2.31. The number of hydrogen-bond donors (Lipinski definition) is 0. The zero-order valence-corrected chi connectivity index (χ0v) is 13.0. The summed E-state index contributed by atoms with van der Waals surface area (Å²) in [6.07, 6.45) is 0.937. The molecule has 0 spiro atoms. The van der Waals surface area contributed by atoms with Crippen molar-refractivity contribution in [2.45, 2.75) is 13.3 Å². The fraction of sp³-hybridized carbons (Fsp3) is 0.0952. The number of hydrogen-bond acceptors (Lipinski definition) is 2. The summed E-state index contributed by atoms with van der Waals surface area (Å²) >= 11 is 0. The predicted octanol–water partition coefficient (Wildman–Crippen LogP) is 5.14. The quantitative estimate of drug-likeness (QED) is 0.493. The van der Waals surface area contributed by atoms with Gasteiger partial charge in [-0.2, -0.15) is 0 Å². The summed E-state index contributed by atoms with van der Waals surface area (Å²) in [5.41, 5.74) is 3.74. The Morgan fingerprint density at radius 3 is 2.17 bits per heavy atom. The molecule has 0 atom stereocenters. The van der Waals surface area contributed by atoms with Gasteiger partial charge in [0.05, 0.1) is 5.56 Å². The van der Waals surface area contributed by atoms with Crippen LogP contribution < -0.4 is 4.74 Å². The van der Waals surface area contributed by atoms with Crippen molar-refractivity contribution in [2.24, 2.45) is 0 Å². The number of carbonyl (C=O) groups is 1. The third kappa shape index (κ3) is 3.49. The minimum Gasteiger partial charge on any atom is -0.422 e. The first-order valence-electron chi connectivity index (χ1n) is 7.73. The summed E-state index contributed by atoms with van der Waals surface area (Å²) in [5.74, 6) is 0.245. The summed E-state index contributed by atoms with van der Waals surface area (Å²) in [4.78, 5) is 12.3. The molecular formula is C21H18O2. The van der Waals surface area contributed by atoms with E-state index in [0.29, 0.717) is 11.3 Å². The molecule has 23 heavy (non-hydrogen) atoms. The number of ether oxygens (including phenoxy) is 1. The molecule has 0 aliphatic carbocycles.